The van der Waals surface area contributed by atoms with Gasteiger partial charge >= 0.3 is 6.09 Å². The molecule has 26 heavy (non-hydrogen) atoms. The van der Waals surface area contributed by atoms with E-state index in [9.17, 15) is 18.4 Å². The first kappa shape index (κ1) is 18.0. The molecule has 3 saturated carbocycles. The van der Waals surface area contributed by atoms with Crippen LogP contribution in [-0.2, 0) is 9.53 Å². The van der Waals surface area contributed by atoms with E-state index in [1.165, 1.54) is 6.42 Å². The zero-order valence-corrected chi connectivity index (χ0v) is 15.8. The molecule has 146 valence electrons. The van der Waals surface area contributed by atoms with E-state index in [1.807, 2.05) is 0 Å². The predicted octanol–water partition coefficient (Wildman–Crippen LogP) is 3.47. The molecule has 1 heterocycles. The smallest absolute Gasteiger partial charge is 0.408 e. The molecule has 1 N–H and O–H groups in total. The Morgan fingerprint density at radius 1 is 1.00 bits per heavy atom. The number of carbonyl (C=O) groups is 2. The summed E-state index contributed by atoms with van der Waals surface area (Å²) >= 11 is 0. The fourth-order valence-corrected chi connectivity index (χ4v) is 5.53. The fraction of sp³-hybridized carbons (Fsp3) is 0.895. The van der Waals surface area contributed by atoms with Gasteiger partial charge in [0.05, 0.1) is 0 Å². The molecule has 4 fully saturated rings. The summed E-state index contributed by atoms with van der Waals surface area (Å²) in [5.41, 5.74) is -1.78. The van der Waals surface area contributed by atoms with Crippen LogP contribution in [0.4, 0.5) is 13.6 Å². The van der Waals surface area contributed by atoms with Crippen LogP contribution < -0.4 is 5.32 Å². The molecule has 0 atom stereocenters. The molecule has 1 saturated heterocycles. The van der Waals surface area contributed by atoms with Gasteiger partial charge < -0.3 is 15.0 Å². The van der Waals surface area contributed by atoms with Gasteiger partial charge in [0.15, 0.2) is 0 Å². The lowest BCUT2D eigenvalue weighted by Crippen LogP contribution is -2.76. The third-order valence-corrected chi connectivity index (χ3v) is 6.52. The van der Waals surface area contributed by atoms with Crippen LogP contribution in [0.1, 0.15) is 65.7 Å². The van der Waals surface area contributed by atoms with Crippen molar-refractivity contribution in [2.75, 3.05) is 13.1 Å². The molecule has 3 aliphatic carbocycles. The van der Waals surface area contributed by atoms with Crippen LogP contribution in [-0.4, -0.2) is 47.1 Å². The Morgan fingerprint density at radius 2 is 1.58 bits per heavy atom. The van der Waals surface area contributed by atoms with E-state index in [4.69, 9.17) is 4.74 Å². The van der Waals surface area contributed by atoms with Crippen LogP contribution in [0.3, 0.4) is 0 Å². The first-order valence-corrected chi connectivity index (χ1v) is 9.54. The van der Waals surface area contributed by atoms with E-state index < -0.39 is 28.6 Å². The molecule has 2 spiro atoms. The molecule has 5 nitrogen and oxygen atoms in total. The van der Waals surface area contributed by atoms with Crippen molar-refractivity contribution in [1.82, 2.24) is 10.2 Å². The van der Waals surface area contributed by atoms with Crippen molar-refractivity contribution in [3.8, 4) is 0 Å². The van der Waals surface area contributed by atoms with Gasteiger partial charge in [-0.25, -0.2) is 13.6 Å². The van der Waals surface area contributed by atoms with Gasteiger partial charge in [-0.2, -0.15) is 0 Å². The minimum atomic E-state index is -2.58. The molecular weight excluding hydrogens is 342 g/mol. The number of alkyl carbamates (subject to hydrolysis) is 1. The Kier molecular flexibility index (Phi) is 3.53. The maximum absolute atomic E-state index is 13.2. The van der Waals surface area contributed by atoms with Crippen molar-refractivity contribution in [1.29, 1.82) is 0 Å². The van der Waals surface area contributed by atoms with Gasteiger partial charge in [-0.1, -0.05) is 6.42 Å². The van der Waals surface area contributed by atoms with Crippen LogP contribution in [0.2, 0.25) is 0 Å². The Balaban J connectivity index is 1.41. The highest BCUT2D eigenvalue weighted by molar-refractivity contribution is 5.92. The maximum Gasteiger partial charge on any atom is 0.408 e. The van der Waals surface area contributed by atoms with Gasteiger partial charge in [0.2, 0.25) is 11.8 Å². The maximum atomic E-state index is 13.2. The van der Waals surface area contributed by atoms with Crippen molar-refractivity contribution in [2.45, 2.75) is 82.8 Å². The summed E-state index contributed by atoms with van der Waals surface area (Å²) in [6.07, 6.45) is 3.79. The SMILES string of the molecule is CC(C)(C)OC(=O)NC1(C(=O)N2CC3(C2)CC(F)(F)C3)CC2(CCC2)C1. The van der Waals surface area contributed by atoms with Gasteiger partial charge in [0, 0.05) is 31.3 Å². The van der Waals surface area contributed by atoms with Crippen molar-refractivity contribution in [3.05, 3.63) is 0 Å². The lowest BCUT2D eigenvalue weighted by atomic mass is 9.48. The number of rotatable bonds is 2. The number of nitrogens with one attached hydrogen (secondary N) is 1. The summed E-state index contributed by atoms with van der Waals surface area (Å²) in [5, 5.41) is 2.84. The van der Waals surface area contributed by atoms with Crippen LogP contribution in [0.25, 0.3) is 0 Å². The van der Waals surface area contributed by atoms with Crippen LogP contribution >= 0.6 is 0 Å². The lowest BCUT2D eigenvalue weighted by molar-refractivity contribution is -0.221. The van der Waals surface area contributed by atoms with Gasteiger partial charge in [-0.3, -0.25) is 4.79 Å². The number of nitrogens with zero attached hydrogens (tertiary/aromatic N) is 1. The number of hydrogen-bond acceptors (Lipinski definition) is 3. The van der Waals surface area contributed by atoms with Gasteiger partial charge in [-0.05, 0) is 51.9 Å². The normalized spacial score (nSPS) is 32.7. The summed E-state index contributed by atoms with van der Waals surface area (Å²) in [7, 11) is 0. The largest absolute Gasteiger partial charge is 0.444 e. The zero-order valence-electron chi connectivity index (χ0n) is 15.8. The molecule has 0 aromatic carbocycles. The number of amides is 2. The molecular formula is C19H28F2N2O3. The highest BCUT2D eigenvalue weighted by Crippen LogP contribution is 2.62. The topological polar surface area (TPSA) is 58.6 Å². The molecule has 0 bridgehead atoms. The third kappa shape index (κ3) is 2.87. The van der Waals surface area contributed by atoms with Crippen molar-refractivity contribution in [3.63, 3.8) is 0 Å². The minimum absolute atomic E-state index is 0.123. The van der Waals surface area contributed by atoms with Crippen LogP contribution in [0.5, 0.6) is 0 Å². The summed E-state index contributed by atoms with van der Waals surface area (Å²) in [4.78, 5) is 27.1. The second-order valence-corrected chi connectivity index (χ2v) is 10.3. The quantitative estimate of drug-likeness (QED) is 0.810. The van der Waals surface area contributed by atoms with E-state index in [0.29, 0.717) is 25.9 Å². The first-order chi connectivity index (χ1) is 11.9. The number of ether oxygens (including phenoxy) is 1. The second kappa shape index (κ2) is 5.10. The summed E-state index contributed by atoms with van der Waals surface area (Å²) in [6.45, 7) is 6.11. The standard InChI is InChI=1S/C19H28F2N2O3/c1-15(2,3)26-14(25)22-18(7-16(8-18)5-4-6-16)13(24)23-11-17(12-23)9-19(20,21)10-17/h4-12H2,1-3H3,(H,22,25). The molecule has 2 amide bonds. The number of alkyl halides is 2. The van der Waals surface area contributed by atoms with E-state index in [-0.39, 0.29) is 24.2 Å². The molecule has 0 aromatic rings. The minimum Gasteiger partial charge on any atom is -0.444 e. The van der Waals surface area contributed by atoms with Gasteiger partial charge in [0.1, 0.15) is 11.1 Å². The molecule has 0 unspecified atom stereocenters. The number of hydrogen-bond donors (Lipinski definition) is 1. The average Bonchev–Trinajstić information content (AvgIpc) is 2.31. The Hall–Kier alpha value is -1.40. The van der Waals surface area contributed by atoms with Crippen molar-refractivity contribution < 1.29 is 23.1 Å². The van der Waals surface area contributed by atoms with E-state index in [0.717, 1.165) is 12.8 Å². The van der Waals surface area contributed by atoms with Crippen LogP contribution in [0.15, 0.2) is 0 Å². The van der Waals surface area contributed by atoms with Gasteiger partial charge in [-0.15, -0.1) is 0 Å². The highest BCUT2D eigenvalue weighted by Gasteiger charge is 2.67. The molecule has 0 aromatic heterocycles. The summed E-state index contributed by atoms with van der Waals surface area (Å²) < 4.78 is 31.8. The van der Waals surface area contributed by atoms with E-state index in [2.05, 4.69) is 5.32 Å². The molecule has 4 rings (SSSR count). The van der Waals surface area contributed by atoms with Crippen molar-refractivity contribution >= 4 is 12.0 Å². The second-order valence-electron chi connectivity index (χ2n) is 10.3. The van der Waals surface area contributed by atoms with Crippen molar-refractivity contribution in [2.24, 2.45) is 10.8 Å². The van der Waals surface area contributed by atoms with E-state index in [1.54, 1.807) is 25.7 Å². The average molecular weight is 370 g/mol. The lowest BCUT2D eigenvalue weighted by Gasteiger charge is -2.64. The molecule has 0 radical (unpaired) electrons. The third-order valence-electron chi connectivity index (χ3n) is 6.52. The predicted molar refractivity (Wildman–Crippen MR) is 90.8 cm³/mol. The monoisotopic (exact) mass is 370 g/mol. The Morgan fingerprint density at radius 3 is 2.00 bits per heavy atom. The molecule has 7 heteroatoms. The fourth-order valence-electron chi connectivity index (χ4n) is 5.53. The number of halogens is 2. The summed E-state index contributed by atoms with van der Waals surface area (Å²) in [6, 6.07) is 0. The van der Waals surface area contributed by atoms with E-state index >= 15 is 0 Å². The van der Waals surface area contributed by atoms with Gasteiger partial charge in [0.25, 0.3) is 0 Å². The summed E-state index contributed by atoms with van der Waals surface area (Å²) in [5.74, 6) is -2.70. The first-order valence-electron chi connectivity index (χ1n) is 9.54. The Labute approximate surface area is 152 Å². The molecule has 1 aliphatic heterocycles. The highest BCUT2D eigenvalue weighted by atomic mass is 19.3. The Bertz CT molecular complexity index is 628. The van der Waals surface area contributed by atoms with Crippen LogP contribution in [0, 0.1) is 10.8 Å². The zero-order chi connectivity index (χ0) is 19.0. The molecule has 4 aliphatic rings. The number of carbonyl (C=O) groups excluding carboxylic acids is 2. The number of likely N-dealkylation sites (tertiary alicyclic amines) is 1.